The van der Waals surface area contributed by atoms with Gasteiger partial charge in [0.15, 0.2) is 5.96 Å². The van der Waals surface area contributed by atoms with Gasteiger partial charge in [-0.25, -0.2) is 0 Å². The Hall–Kier alpha value is -0.730. The molecule has 0 aliphatic heterocycles. The summed E-state index contributed by atoms with van der Waals surface area (Å²) in [5.41, 5.74) is 5.67. The van der Waals surface area contributed by atoms with Crippen molar-refractivity contribution in [3.8, 4) is 0 Å². The van der Waals surface area contributed by atoms with Crippen LogP contribution in [-0.2, 0) is 0 Å². The van der Waals surface area contributed by atoms with Crippen LogP contribution in [0.4, 0.5) is 0 Å². The zero-order valence-electron chi connectivity index (χ0n) is 8.01. The first-order valence-corrected chi connectivity index (χ1v) is 4.80. The van der Waals surface area contributed by atoms with Crippen molar-refractivity contribution in [2.45, 2.75) is 39.2 Å². The average Bonchev–Trinajstić information content (AvgIpc) is 2.37. The van der Waals surface area contributed by atoms with E-state index in [9.17, 15) is 0 Å². The monoisotopic (exact) mass is 169 g/mol. The molecule has 0 aromatic heterocycles. The van der Waals surface area contributed by atoms with E-state index in [0.29, 0.717) is 12.0 Å². The standard InChI is InChI=1S/C9H19N3/c1-3-11-9(10)12-8-6-4-5-7(8)2/h7-8H,3-6H2,1-2H3,(H3,10,11,12). The van der Waals surface area contributed by atoms with Crippen LogP contribution in [0.1, 0.15) is 33.1 Å². The van der Waals surface area contributed by atoms with Crippen molar-refractivity contribution in [3.05, 3.63) is 0 Å². The van der Waals surface area contributed by atoms with Crippen molar-refractivity contribution in [1.29, 1.82) is 0 Å². The predicted molar refractivity (Wildman–Crippen MR) is 52.1 cm³/mol. The van der Waals surface area contributed by atoms with Gasteiger partial charge in [-0.15, -0.1) is 0 Å². The van der Waals surface area contributed by atoms with Crippen LogP contribution in [0, 0.1) is 5.92 Å². The molecule has 0 heterocycles. The van der Waals surface area contributed by atoms with Gasteiger partial charge in [0.1, 0.15) is 0 Å². The second kappa shape index (κ2) is 4.33. The summed E-state index contributed by atoms with van der Waals surface area (Å²) in [6.07, 6.45) is 3.87. The Morgan fingerprint density at radius 3 is 2.83 bits per heavy atom. The highest BCUT2D eigenvalue weighted by Gasteiger charge is 2.23. The molecule has 1 saturated carbocycles. The number of hydrogen-bond donors (Lipinski definition) is 2. The van der Waals surface area contributed by atoms with E-state index in [1.165, 1.54) is 19.3 Å². The number of hydrogen-bond acceptors (Lipinski definition) is 1. The quantitative estimate of drug-likeness (QED) is 0.480. The largest absolute Gasteiger partial charge is 0.370 e. The lowest BCUT2D eigenvalue weighted by Gasteiger charge is -2.17. The highest BCUT2D eigenvalue weighted by Crippen LogP contribution is 2.24. The predicted octanol–water partition coefficient (Wildman–Crippen LogP) is 1.10. The molecule has 2 atom stereocenters. The number of nitrogens with zero attached hydrogens (tertiary/aromatic N) is 1. The van der Waals surface area contributed by atoms with E-state index >= 15 is 0 Å². The molecule has 3 heteroatoms. The van der Waals surface area contributed by atoms with E-state index in [1.54, 1.807) is 0 Å². The van der Waals surface area contributed by atoms with Gasteiger partial charge in [0.2, 0.25) is 0 Å². The van der Waals surface area contributed by atoms with Crippen LogP contribution < -0.4 is 11.1 Å². The molecule has 3 nitrogen and oxygen atoms in total. The summed E-state index contributed by atoms with van der Waals surface area (Å²) in [7, 11) is 0. The van der Waals surface area contributed by atoms with E-state index in [2.05, 4.69) is 17.2 Å². The van der Waals surface area contributed by atoms with Crippen molar-refractivity contribution in [3.63, 3.8) is 0 Å². The minimum Gasteiger partial charge on any atom is -0.370 e. The molecule has 0 amide bonds. The highest BCUT2D eigenvalue weighted by atomic mass is 15.1. The maximum Gasteiger partial charge on any atom is 0.188 e. The molecule has 12 heavy (non-hydrogen) atoms. The summed E-state index contributed by atoms with van der Waals surface area (Å²) in [5.74, 6) is 1.35. The van der Waals surface area contributed by atoms with Crippen LogP contribution in [0.2, 0.25) is 0 Å². The molecule has 1 aliphatic rings. The van der Waals surface area contributed by atoms with Crippen molar-refractivity contribution < 1.29 is 0 Å². The minimum atomic E-state index is 0.556. The van der Waals surface area contributed by atoms with E-state index in [1.807, 2.05) is 6.92 Å². The summed E-state index contributed by atoms with van der Waals surface area (Å²) in [6.45, 7) is 5.02. The van der Waals surface area contributed by atoms with E-state index in [0.717, 1.165) is 12.5 Å². The molecule has 0 spiro atoms. The first-order valence-electron chi connectivity index (χ1n) is 4.80. The average molecular weight is 169 g/mol. The lowest BCUT2D eigenvalue weighted by atomic mass is 10.1. The fourth-order valence-electron chi connectivity index (χ4n) is 1.77. The number of rotatable bonds is 2. The maximum absolute atomic E-state index is 5.67. The summed E-state index contributed by atoms with van der Waals surface area (Å²) < 4.78 is 0. The van der Waals surface area contributed by atoms with Gasteiger partial charge in [0.25, 0.3) is 0 Å². The van der Waals surface area contributed by atoms with E-state index in [4.69, 9.17) is 5.73 Å². The Bertz CT molecular complexity index is 165. The van der Waals surface area contributed by atoms with Gasteiger partial charge in [-0.2, -0.15) is 0 Å². The summed E-state index contributed by atoms with van der Waals surface area (Å²) in [5, 5.41) is 3.26. The summed E-state index contributed by atoms with van der Waals surface area (Å²) in [6, 6.07) is 0.556. The van der Waals surface area contributed by atoms with Crippen molar-refractivity contribution in [1.82, 2.24) is 5.32 Å². The molecule has 3 N–H and O–H groups in total. The molecule has 2 unspecified atom stereocenters. The Labute approximate surface area is 74.4 Å². The number of aliphatic imine (C=N–C) groups is 1. The second-order valence-electron chi connectivity index (χ2n) is 3.52. The number of guanidine groups is 1. The van der Waals surface area contributed by atoms with Gasteiger partial charge >= 0.3 is 0 Å². The first kappa shape index (κ1) is 9.36. The Kier molecular flexibility index (Phi) is 3.38. The van der Waals surface area contributed by atoms with Crippen LogP contribution in [0.25, 0.3) is 0 Å². The molecule has 1 fully saturated rings. The molecular formula is C9H19N3. The fraction of sp³-hybridized carbons (Fsp3) is 0.889. The third-order valence-corrected chi connectivity index (χ3v) is 2.52. The third kappa shape index (κ3) is 2.40. The first-order chi connectivity index (χ1) is 5.74. The minimum absolute atomic E-state index is 0.556. The third-order valence-electron chi connectivity index (χ3n) is 2.52. The lowest BCUT2D eigenvalue weighted by molar-refractivity contribution is 0.485. The van der Waals surface area contributed by atoms with Gasteiger partial charge < -0.3 is 11.1 Å². The molecule has 0 aromatic rings. The molecule has 1 aliphatic carbocycles. The van der Waals surface area contributed by atoms with E-state index in [-0.39, 0.29) is 0 Å². The van der Waals surface area contributed by atoms with Crippen LogP contribution >= 0.6 is 0 Å². The Morgan fingerprint density at radius 2 is 2.33 bits per heavy atom. The molecule has 1 rings (SSSR count). The zero-order valence-corrected chi connectivity index (χ0v) is 8.01. The molecule has 0 saturated heterocycles. The Morgan fingerprint density at radius 1 is 1.58 bits per heavy atom. The van der Waals surface area contributed by atoms with Gasteiger partial charge in [-0.05, 0) is 25.7 Å². The van der Waals surface area contributed by atoms with Gasteiger partial charge in [0, 0.05) is 12.6 Å². The highest BCUT2D eigenvalue weighted by molar-refractivity contribution is 5.78. The van der Waals surface area contributed by atoms with Crippen molar-refractivity contribution >= 4 is 5.96 Å². The zero-order chi connectivity index (χ0) is 8.97. The van der Waals surface area contributed by atoms with Gasteiger partial charge in [-0.1, -0.05) is 13.3 Å². The van der Waals surface area contributed by atoms with Crippen LogP contribution in [0.3, 0.4) is 0 Å². The second-order valence-corrected chi connectivity index (χ2v) is 3.52. The number of nitrogens with two attached hydrogens (primary N) is 1. The molecule has 70 valence electrons. The normalized spacial score (nSPS) is 30.7. The molecule has 0 radical (unpaired) electrons. The fourth-order valence-corrected chi connectivity index (χ4v) is 1.77. The van der Waals surface area contributed by atoms with Gasteiger partial charge in [0.05, 0.1) is 0 Å². The SMILES string of the molecule is CCN=C(N)NC1CCCC1C. The van der Waals surface area contributed by atoms with Crippen LogP contribution in [0.15, 0.2) is 4.99 Å². The molecule has 0 bridgehead atoms. The van der Waals surface area contributed by atoms with E-state index < -0.39 is 0 Å². The van der Waals surface area contributed by atoms with Crippen molar-refractivity contribution in [2.75, 3.05) is 6.54 Å². The smallest absolute Gasteiger partial charge is 0.188 e. The van der Waals surface area contributed by atoms with Crippen LogP contribution in [0.5, 0.6) is 0 Å². The summed E-state index contributed by atoms with van der Waals surface area (Å²) in [4.78, 5) is 4.11. The topological polar surface area (TPSA) is 50.4 Å². The summed E-state index contributed by atoms with van der Waals surface area (Å²) >= 11 is 0. The molecular weight excluding hydrogens is 150 g/mol. The Balaban J connectivity index is 2.34. The lowest BCUT2D eigenvalue weighted by Crippen LogP contribution is -2.41. The molecule has 0 aromatic carbocycles. The van der Waals surface area contributed by atoms with Crippen molar-refractivity contribution in [2.24, 2.45) is 16.6 Å². The van der Waals surface area contributed by atoms with Gasteiger partial charge in [-0.3, -0.25) is 4.99 Å². The number of nitrogens with one attached hydrogen (secondary N) is 1. The maximum atomic E-state index is 5.67. The van der Waals surface area contributed by atoms with Crippen LogP contribution in [-0.4, -0.2) is 18.5 Å².